The SMILES string of the molecule is CCOC(=O)C1=C(C)N=c2sc(=Cc3cccs3)c(=O)n2C1c1c(OC)ccc2ccccc12. The number of thiophene rings is 1. The molecule has 0 aliphatic carbocycles. The Labute approximate surface area is 203 Å². The van der Waals surface area contributed by atoms with E-state index < -0.39 is 12.0 Å². The topological polar surface area (TPSA) is 69.9 Å². The number of hydrogen-bond acceptors (Lipinski definition) is 7. The van der Waals surface area contributed by atoms with E-state index in [0.29, 0.717) is 26.4 Å². The maximum Gasteiger partial charge on any atom is 0.338 e. The van der Waals surface area contributed by atoms with Crippen molar-refractivity contribution in [3.8, 4) is 5.75 Å². The van der Waals surface area contributed by atoms with Crippen molar-refractivity contribution < 1.29 is 14.3 Å². The van der Waals surface area contributed by atoms with Gasteiger partial charge in [0.25, 0.3) is 5.56 Å². The third-order valence-electron chi connectivity index (χ3n) is 5.76. The molecule has 1 aliphatic heterocycles. The average molecular weight is 491 g/mol. The standard InChI is InChI=1S/C26H22N2O4S2/c1-4-32-25(30)21-15(2)27-26-28(24(29)20(34-26)14-17-9-7-13-33-17)23(21)22-18-10-6-5-8-16(18)11-12-19(22)31-3/h5-14,23H,4H2,1-3H3. The first-order valence-electron chi connectivity index (χ1n) is 10.8. The number of rotatable bonds is 5. The summed E-state index contributed by atoms with van der Waals surface area (Å²) >= 11 is 2.87. The number of fused-ring (bicyclic) bond motifs is 2. The van der Waals surface area contributed by atoms with Gasteiger partial charge in [-0.2, -0.15) is 0 Å². The van der Waals surface area contributed by atoms with E-state index in [1.807, 2.05) is 60.0 Å². The minimum atomic E-state index is -0.734. The van der Waals surface area contributed by atoms with Gasteiger partial charge in [-0.15, -0.1) is 11.3 Å². The lowest BCUT2D eigenvalue weighted by Crippen LogP contribution is -2.40. The van der Waals surface area contributed by atoms with E-state index in [1.165, 1.54) is 11.3 Å². The number of methoxy groups -OCH3 is 1. The van der Waals surface area contributed by atoms with Crippen LogP contribution < -0.4 is 19.6 Å². The molecule has 2 aromatic heterocycles. The van der Waals surface area contributed by atoms with Gasteiger partial charge < -0.3 is 9.47 Å². The van der Waals surface area contributed by atoms with Crippen LogP contribution in [0, 0.1) is 0 Å². The summed E-state index contributed by atoms with van der Waals surface area (Å²) in [6.07, 6.45) is 1.87. The number of thiazole rings is 1. The van der Waals surface area contributed by atoms with Crippen molar-refractivity contribution in [1.29, 1.82) is 0 Å². The Kier molecular flexibility index (Phi) is 5.93. The van der Waals surface area contributed by atoms with Gasteiger partial charge in [0, 0.05) is 10.4 Å². The quantitative estimate of drug-likeness (QED) is 0.396. The first-order chi connectivity index (χ1) is 16.5. The highest BCUT2D eigenvalue weighted by molar-refractivity contribution is 7.11. The first kappa shape index (κ1) is 22.3. The molecule has 8 heteroatoms. The van der Waals surface area contributed by atoms with Crippen molar-refractivity contribution in [2.45, 2.75) is 19.9 Å². The number of allylic oxidation sites excluding steroid dienone is 1. The number of hydrogen-bond donors (Lipinski definition) is 0. The van der Waals surface area contributed by atoms with Crippen LogP contribution in [0.3, 0.4) is 0 Å². The second kappa shape index (κ2) is 9.04. The van der Waals surface area contributed by atoms with Crippen LogP contribution in [0.15, 0.2) is 75.0 Å². The van der Waals surface area contributed by atoms with Crippen LogP contribution in [0.5, 0.6) is 5.75 Å². The Hall–Kier alpha value is -3.49. The molecule has 0 spiro atoms. The number of ether oxygens (including phenoxy) is 2. The van der Waals surface area contributed by atoms with Crippen molar-refractivity contribution in [3.05, 3.63) is 95.3 Å². The lowest BCUT2D eigenvalue weighted by atomic mass is 9.90. The van der Waals surface area contributed by atoms with E-state index in [4.69, 9.17) is 9.47 Å². The van der Waals surface area contributed by atoms with E-state index in [1.54, 1.807) is 36.9 Å². The number of benzene rings is 2. The zero-order valence-corrected chi connectivity index (χ0v) is 20.5. The largest absolute Gasteiger partial charge is 0.496 e. The van der Waals surface area contributed by atoms with Gasteiger partial charge in [0.2, 0.25) is 0 Å². The highest BCUT2D eigenvalue weighted by atomic mass is 32.1. The zero-order chi connectivity index (χ0) is 23.8. The molecule has 0 bridgehead atoms. The highest BCUT2D eigenvalue weighted by Crippen LogP contribution is 2.40. The normalized spacial score (nSPS) is 15.9. The molecule has 0 radical (unpaired) electrons. The zero-order valence-electron chi connectivity index (χ0n) is 18.9. The molecule has 6 nitrogen and oxygen atoms in total. The van der Waals surface area contributed by atoms with E-state index in [-0.39, 0.29) is 12.2 Å². The maximum atomic E-state index is 13.8. The summed E-state index contributed by atoms with van der Waals surface area (Å²) in [5, 5.41) is 3.85. The summed E-state index contributed by atoms with van der Waals surface area (Å²) in [5.74, 6) is 0.101. The molecule has 0 amide bonds. The molecule has 2 aromatic carbocycles. The van der Waals surface area contributed by atoms with Gasteiger partial charge in [-0.1, -0.05) is 47.7 Å². The molecule has 0 saturated heterocycles. The predicted molar refractivity (Wildman–Crippen MR) is 135 cm³/mol. The number of esters is 1. The Balaban J connectivity index is 1.87. The fourth-order valence-electron chi connectivity index (χ4n) is 4.30. The van der Waals surface area contributed by atoms with Crippen molar-refractivity contribution in [1.82, 2.24) is 4.57 Å². The second-order valence-electron chi connectivity index (χ2n) is 7.72. The molecule has 4 aromatic rings. The van der Waals surface area contributed by atoms with Crippen molar-refractivity contribution in [3.63, 3.8) is 0 Å². The van der Waals surface area contributed by atoms with Gasteiger partial charge in [0.1, 0.15) is 11.8 Å². The van der Waals surface area contributed by atoms with Crippen LogP contribution in [0.1, 0.15) is 30.3 Å². The van der Waals surface area contributed by atoms with Crippen molar-refractivity contribution in [2.24, 2.45) is 4.99 Å². The monoisotopic (exact) mass is 490 g/mol. The second-order valence-corrected chi connectivity index (χ2v) is 9.71. The summed E-state index contributed by atoms with van der Waals surface area (Å²) in [4.78, 5) is 33.1. The van der Waals surface area contributed by atoms with Gasteiger partial charge in [-0.3, -0.25) is 9.36 Å². The molecule has 1 unspecified atom stereocenters. The molecule has 1 aliphatic rings. The molecule has 0 N–H and O–H groups in total. The van der Waals surface area contributed by atoms with Crippen molar-refractivity contribution in [2.75, 3.05) is 13.7 Å². The Morgan fingerprint density at radius 2 is 2.00 bits per heavy atom. The lowest BCUT2D eigenvalue weighted by molar-refractivity contribution is -0.139. The number of nitrogens with zero attached hydrogens (tertiary/aromatic N) is 2. The maximum absolute atomic E-state index is 13.8. The molecule has 0 saturated carbocycles. The van der Waals surface area contributed by atoms with E-state index >= 15 is 0 Å². The fraction of sp³-hybridized carbons (Fsp3) is 0.192. The summed E-state index contributed by atoms with van der Waals surface area (Å²) in [6, 6.07) is 14.9. The molecule has 0 fully saturated rings. The van der Waals surface area contributed by atoms with Crippen LogP contribution in [-0.4, -0.2) is 24.3 Å². The Morgan fingerprint density at radius 1 is 1.18 bits per heavy atom. The Bertz CT molecular complexity index is 1610. The third-order valence-corrected chi connectivity index (χ3v) is 7.56. The van der Waals surface area contributed by atoms with Gasteiger partial charge >= 0.3 is 5.97 Å². The molecule has 172 valence electrons. The minimum absolute atomic E-state index is 0.202. The molecule has 34 heavy (non-hydrogen) atoms. The summed E-state index contributed by atoms with van der Waals surface area (Å²) in [5.41, 5.74) is 1.40. The fourth-order valence-corrected chi connectivity index (χ4v) is 6.07. The smallest absolute Gasteiger partial charge is 0.338 e. The lowest BCUT2D eigenvalue weighted by Gasteiger charge is -2.27. The van der Waals surface area contributed by atoms with Crippen LogP contribution in [-0.2, 0) is 9.53 Å². The van der Waals surface area contributed by atoms with Gasteiger partial charge in [0.05, 0.1) is 29.5 Å². The molecular weight excluding hydrogens is 468 g/mol. The Morgan fingerprint density at radius 3 is 2.74 bits per heavy atom. The number of aromatic nitrogens is 1. The molecule has 1 atom stereocenters. The third kappa shape index (κ3) is 3.69. The molecular formula is C26H22N2O4S2. The van der Waals surface area contributed by atoms with Gasteiger partial charge in [0.15, 0.2) is 4.80 Å². The van der Waals surface area contributed by atoms with E-state index in [2.05, 4.69) is 4.99 Å². The van der Waals surface area contributed by atoms with Gasteiger partial charge in [-0.25, -0.2) is 9.79 Å². The highest BCUT2D eigenvalue weighted by Gasteiger charge is 2.36. The summed E-state index contributed by atoms with van der Waals surface area (Å²) in [7, 11) is 1.59. The molecule has 3 heterocycles. The van der Waals surface area contributed by atoms with Crippen molar-refractivity contribution >= 4 is 45.5 Å². The number of carbonyl (C=O) groups is 1. The van der Waals surface area contributed by atoms with Crippen LogP contribution in [0.2, 0.25) is 0 Å². The summed E-state index contributed by atoms with van der Waals surface area (Å²) < 4.78 is 13.3. The van der Waals surface area contributed by atoms with Crippen LogP contribution >= 0.6 is 22.7 Å². The first-order valence-corrected chi connectivity index (χ1v) is 12.5. The summed E-state index contributed by atoms with van der Waals surface area (Å²) in [6.45, 7) is 3.77. The molecule has 5 rings (SSSR count). The van der Waals surface area contributed by atoms with Crippen LogP contribution in [0.4, 0.5) is 0 Å². The predicted octanol–water partition coefficient (Wildman–Crippen LogP) is 4.02. The number of carbonyl (C=O) groups excluding carboxylic acids is 1. The minimum Gasteiger partial charge on any atom is -0.496 e. The van der Waals surface area contributed by atoms with Gasteiger partial charge in [-0.05, 0) is 48.2 Å². The van der Waals surface area contributed by atoms with E-state index in [9.17, 15) is 9.59 Å². The van der Waals surface area contributed by atoms with E-state index in [0.717, 1.165) is 21.2 Å². The van der Waals surface area contributed by atoms with Crippen LogP contribution in [0.25, 0.3) is 16.8 Å². The average Bonchev–Trinajstić information content (AvgIpc) is 3.45.